The molecule has 0 atom stereocenters. The molecule has 2 aromatic carbocycles. The summed E-state index contributed by atoms with van der Waals surface area (Å²) in [6.45, 7) is 0. The molecule has 0 saturated heterocycles. The third-order valence-electron chi connectivity index (χ3n) is 2.68. The maximum atomic E-state index is 6.14. The van der Waals surface area contributed by atoms with Gasteiger partial charge in [0.1, 0.15) is 0 Å². The van der Waals surface area contributed by atoms with Crippen LogP contribution in [0.3, 0.4) is 0 Å². The van der Waals surface area contributed by atoms with Crippen LogP contribution >= 0.6 is 12.4 Å². The van der Waals surface area contributed by atoms with Crippen LogP contribution < -0.4 is 5.73 Å². The van der Waals surface area contributed by atoms with Crippen LogP contribution in [0.25, 0.3) is 0 Å². The van der Waals surface area contributed by atoms with Crippen molar-refractivity contribution in [1.29, 1.82) is 0 Å². The molecule has 2 rings (SSSR count). The largest absolute Gasteiger partial charge is 0.327 e. The van der Waals surface area contributed by atoms with E-state index in [4.69, 9.17) is 5.73 Å². The zero-order valence-corrected chi connectivity index (χ0v) is 10.6. The van der Waals surface area contributed by atoms with Gasteiger partial charge in [-0.05, 0) is 24.0 Å². The summed E-state index contributed by atoms with van der Waals surface area (Å²) in [5, 5.41) is 0. The Morgan fingerprint density at radius 3 is 1.41 bits per heavy atom. The second-order valence-electron chi connectivity index (χ2n) is 4.14. The summed E-state index contributed by atoms with van der Waals surface area (Å²) in [5.41, 5.74) is 8.76. The van der Waals surface area contributed by atoms with Crippen molar-refractivity contribution >= 4 is 12.4 Å². The third-order valence-corrected chi connectivity index (χ3v) is 2.68. The van der Waals surface area contributed by atoms with E-state index in [1.807, 2.05) is 12.1 Å². The molecule has 90 valence electrons. The predicted molar refractivity (Wildman–Crippen MR) is 75.5 cm³/mol. The molecule has 0 aromatic heterocycles. The summed E-state index contributed by atoms with van der Waals surface area (Å²) in [6.07, 6.45) is 1.88. The van der Waals surface area contributed by atoms with E-state index in [9.17, 15) is 0 Å². The highest BCUT2D eigenvalue weighted by Crippen LogP contribution is 2.07. The Morgan fingerprint density at radius 2 is 1.06 bits per heavy atom. The summed E-state index contributed by atoms with van der Waals surface area (Å²) >= 11 is 0. The minimum Gasteiger partial charge on any atom is -0.327 e. The zero-order valence-electron chi connectivity index (χ0n) is 9.75. The first-order valence-electron chi connectivity index (χ1n) is 5.68. The number of nitrogens with two attached hydrogens (primary N) is 1. The topological polar surface area (TPSA) is 26.0 Å². The van der Waals surface area contributed by atoms with E-state index >= 15 is 0 Å². The summed E-state index contributed by atoms with van der Waals surface area (Å²) in [7, 11) is 0. The summed E-state index contributed by atoms with van der Waals surface area (Å²) < 4.78 is 0. The van der Waals surface area contributed by atoms with Crippen molar-refractivity contribution in [2.75, 3.05) is 0 Å². The van der Waals surface area contributed by atoms with Gasteiger partial charge in [-0.1, -0.05) is 60.7 Å². The number of halogens is 1. The van der Waals surface area contributed by atoms with E-state index < -0.39 is 0 Å². The van der Waals surface area contributed by atoms with Crippen LogP contribution in [0.2, 0.25) is 0 Å². The van der Waals surface area contributed by atoms with Gasteiger partial charge >= 0.3 is 0 Å². The fraction of sp³-hybridized carbons (Fsp3) is 0.200. The van der Waals surface area contributed by atoms with Crippen LogP contribution in [0.15, 0.2) is 60.7 Å². The Morgan fingerprint density at radius 1 is 0.706 bits per heavy atom. The van der Waals surface area contributed by atoms with E-state index in [2.05, 4.69) is 48.5 Å². The van der Waals surface area contributed by atoms with Crippen molar-refractivity contribution < 1.29 is 0 Å². The molecule has 0 heterocycles. The lowest BCUT2D eigenvalue weighted by atomic mass is 10.00. The fourth-order valence-electron chi connectivity index (χ4n) is 1.91. The third kappa shape index (κ3) is 4.59. The van der Waals surface area contributed by atoms with Crippen molar-refractivity contribution in [3.05, 3.63) is 71.8 Å². The quantitative estimate of drug-likeness (QED) is 0.882. The average Bonchev–Trinajstić information content (AvgIpc) is 2.31. The smallest absolute Gasteiger partial charge is 0.0120 e. The summed E-state index contributed by atoms with van der Waals surface area (Å²) in [4.78, 5) is 0. The van der Waals surface area contributed by atoms with Gasteiger partial charge in [0.05, 0.1) is 0 Å². The lowest BCUT2D eigenvalue weighted by molar-refractivity contribution is 0.665. The molecular weight excluding hydrogens is 230 g/mol. The van der Waals surface area contributed by atoms with Crippen molar-refractivity contribution in [3.63, 3.8) is 0 Å². The number of rotatable bonds is 4. The molecule has 0 aliphatic heterocycles. The lowest BCUT2D eigenvalue weighted by Crippen LogP contribution is -2.25. The van der Waals surface area contributed by atoms with Crippen LogP contribution in [0.4, 0.5) is 0 Å². The summed E-state index contributed by atoms with van der Waals surface area (Å²) in [6, 6.07) is 21.0. The number of hydrogen-bond donors (Lipinski definition) is 1. The Bertz CT molecular complexity index is 372. The maximum Gasteiger partial charge on any atom is 0.0120 e. The monoisotopic (exact) mass is 247 g/mol. The van der Waals surface area contributed by atoms with Crippen molar-refractivity contribution in [3.8, 4) is 0 Å². The SMILES string of the molecule is Cl.NC(Cc1ccccc1)Cc1ccccc1. The van der Waals surface area contributed by atoms with Gasteiger partial charge in [-0.3, -0.25) is 0 Å². The second kappa shape index (κ2) is 7.10. The van der Waals surface area contributed by atoms with Crippen molar-refractivity contribution in [1.82, 2.24) is 0 Å². The molecule has 0 spiro atoms. The minimum atomic E-state index is 0. The van der Waals surface area contributed by atoms with Gasteiger partial charge in [0.25, 0.3) is 0 Å². The van der Waals surface area contributed by atoms with E-state index in [-0.39, 0.29) is 18.4 Å². The Balaban J connectivity index is 0.00000144. The van der Waals surface area contributed by atoms with E-state index in [0.29, 0.717) is 0 Å². The van der Waals surface area contributed by atoms with E-state index in [1.165, 1.54) is 11.1 Å². The standard InChI is InChI=1S/C15H17N.ClH/c16-15(11-13-7-3-1-4-8-13)12-14-9-5-2-6-10-14;/h1-10,15H,11-12,16H2;1H. The van der Waals surface area contributed by atoms with E-state index in [0.717, 1.165) is 12.8 Å². The molecule has 1 nitrogen and oxygen atoms in total. The highest BCUT2D eigenvalue weighted by molar-refractivity contribution is 5.85. The Kier molecular flexibility index (Phi) is 5.75. The highest BCUT2D eigenvalue weighted by atomic mass is 35.5. The Hall–Kier alpha value is -1.31. The molecule has 0 bridgehead atoms. The Labute approximate surface area is 109 Å². The maximum absolute atomic E-state index is 6.14. The average molecular weight is 248 g/mol. The van der Waals surface area contributed by atoms with Gasteiger partial charge < -0.3 is 5.73 Å². The zero-order chi connectivity index (χ0) is 11.2. The molecule has 0 aliphatic carbocycles. The molecule has 2 aromatic rings. The first-order valence-corrected chi connectivity index (χ1v) is 5.68. The molecule has 0 fully saturated rings. The van der Waals surface area contributed by atoms with Crippen LogP contribution in [-0.4, -0.2) is 6.04 Å². The second-order valence-corrected chi connectivity index (χ2v) is 4.14. The van der Waals surface area contributed by atoms with Crippen LogP contribution in [-0.2, 0) is 12.8 Å². The summed E-state index contributed by atoms with van der Waals surface area (Å²) in [5.74, 6) is 0. The first-order chi connectivity index (χ1) is 7.84. The normalized spacial score (nSPS) is 10.0. The van der Waals surface area contributed by atoms with Crippen LogP contribution in [0, 0.1) is 0 Å². The van der Waals surface area contributed by atoms with Gasteiger partial charge in [-0.25, -0.2) is 0 Å². The molecule has 2 N–H and O–H groups in total. The molecule has 0 radical (unpaired) electrons. The lowest BCUT2D eigenvalue weighted by Gasteiger charge is -2.11. The number of hydrogen-bond acceptors (Lipinski definition) is 1. The first kappa shape index (κ1) is 13.8. The van der Waals surface area contributed by atoms with Gasteiger partial charge in [-0.2, -0.15) is 0 Å². The highest BCUT2D eigenvalue weighted by Gasteiger charge is 2.04. The van der Waals surface area contributed by atoms with Gasteiger partial charge in [0, 0.05) is 6.04 Å². The molecule has 0 unspecified atom stereocenters. The minimum absolute atomic E-state index is 0. The van der Waals surface area contributed by atoms with E-state index in [1.54, 1.807) is 0 Å². The molecule has 17 heavy (non-hydrogen) atoms. The molecule has 0 aliphatic rings. The van der Waals surface area contributed by atoms with Crippen LogP contribution in [0.5, 0.6) is 0 Å². The van der Waals surface area contributed by atoms with Gasteiger partial charge in [0.15, 0.2) is 0 Å². The fourth-order valence-corrected chi connectivity index (χ4v) is 1.91. The predicted octanol–water partition coefficient (Wildman–Crippen LogP) is 3.22. The van der Waals surface area contributed by atoms with Crippen molar-refractivity contribution in [2.24, 2.45) is 5.73 Å². The molecular formula is C15H18ClN. The molecule has 0 amide bonds. The molecule has 0 saturated carbocycles. The molecule has 2 heteroatoms. The van der Waals surface area contributed by atoms with Crippen LogP contribution in [0.1, 0.15) is 11.1 Å². The van der Waals surface area contributed by atoms with Gasteiger partial charge in [0.2, 0.25) is 0 Å². The van der Waals surface area contributed by atoms with Crippen molar-refractivity contribution in [2.45, 2.75) is 18.9 Å². The van der Waals surface area contributed by atoms with Gasteiger partial charge in [-0.15, -0.1) is 12.4 Å². The number of benzene rings is 2.